The van der Waals surface area contributed by atoms with Gasteiger partial charge in [0.25, 0.3) is 0 Å². The van der Waals surface area contributed by atoms with Crippen LogP contribution in [-0.2, 0) is 11.2 Å². The number of benzene rings is 1. The summed E-state index contributed by atoms with van der Waals surface area (Å²) in [5.41, 5.74) is 1.29. The van der Waals surface area contributed by atoms with Crippen molar-refractivity contribution in [3.8, 4) is 0 Å². The summed E-state index contributed by atoms with van der Waals surface area (Å²) in [6.45, 7) is 5.48. The van der Waals surface area contributed by atoms with Crippen molar-refractivity contribution in [1.82, 2.24) is 10.2 Å². The molecule has 0 radical (unpaired) electrons. The molecule has 1 aromatic carbocycles. The van der Waals surface area contributed by atoms with Gasteiger partial charge in [-0.15, -0.1) is 0 Å². The van der Waals surface area contributed by atoms with Crippen LogP contribution in [0.2, 0.25) is 0 Å². The first-order valence-electron chi connectivity index (χ1n) is 6.21. The summed E-state index contributed by atoms with van der Waals surface area (Å²) in [6, 6.07) is 11.0. The molecule has 3 heteroatoms. The lowest BCUT2D eigenvalue weighted by Crippen LogP contribution is -2.57. The number of nitrogens with zero attached hydrogens (tertiary/aromatic N) is 1. The predicted octanol–water partition coefficient (Wildman–Crippen LogP) is 1.44. The van der Waals surface area contributed by atoms with Crippen LogP contribution in [0.3, 0.4) is 0 Å². The van der Waals surface area contributed by atoms with E-state index in [-0.39, 0.29) is 11.9 Å². The monoisotopic (exact) mass is 232 g/mol. The first kappa shape index (κ1) is 12.1. The molecule has 1 saturated heterocycles. The number of rotatable bonds is 2. The Bertz CT molecular complexity index is 377. The first-order valence-corrected chi connectivity index (χ1v) is 6.21. The minimum absolute atomic E-state index is 0.180. The maximum absolute atomic E-state index is 11.6. The average Bonchev–Trinajstić information content (AvgIpc) is 2.32. The van der Waals surface area contributed by atoms with Crippen LogP contribution in [0.4, 0.5) is 0 Å². The maximum atomic E-state index is 11.6. The molecule has 1 aromatic rings. The average molecular weight is 232 g/mol. The standard InChI is InChI=1S/C14H20N2O/c1-11-10-16(12(2)17)14(9-15-11)8-13-6-4-3-5-7-13/h3-7,11,14-15H,8-10H2,1-2H3. The van der Waals surface area contributed by atoms with E-state index in [0.717, 1.165) is 19.5 Å². The third-order valence-electron chi connectivity index (χ3n) is 3.33. The molecule has 1 aliphatic rings. The van der Waals surface area contributed by atoms with E-state index in [9.17, 15) is 4.79 Å². The Morgan fingerprint density at radius 2 is 2.12 bits per heavy atom. The van der Waals surface area contributed by atoms with Crippen LogP contribution in [0.5, 0.6) is 0 Å². The fourth-order valence-corrected chi connectivity index (χ4v) is 2.41. The Morgan fingerprint density at radius 3 is 2.76 bits per heavy atom. The molecule has 1 amide bonds. The second-order valence-electron chi connectivity index (χ2n) is 4.82. The van der Waals surface area contributed by atoms with Gasteiger partial charge in [-0.25, -0.2) is 0 Å². The number of amides is 1. The fourth-order valence-electron chi connectivity index (χ4n) is 2.41. The fraction of sp³-hybridized carbons (Fsp3) is 0.500. The number of nitrogens with one attached hydrogen (secondary N) is 1. The SMILES string of the molecule is CC(=O)N1CC(C)NCC1Cc1ccccc1. The summed E-state index contributed by atoms with van der Waals surface area (Å²) >= 11 is 0. The van der Waals surface area contributed by atoms with E-state index in [4.69, 9.17) is 0 Å². The molecule has 3 nitrogen and oxygen atoms in total. The van der Waals surface area contributed by atoms with Crippen molar-refractivity contribution in [2.45, 2.75) is 32.4 Å². The molecule has 0 aromatic heterocycles. The summed E-state index contributed by atoms with van der Waals surface area (Å²) in [7, 11) is 0. The second-order valence-corrected chi connectivity index (χ2v) is 4.82. The van der Waals surface area contributed by atoms with Gasteiger partial charge in [0.05, 0.1) is 0 Å². The maximum Gasteiger partial charge on any atom is 0.219 e. The van der Waals surface area contributed by atoms with Crippen LogP contribution in [0.25, 0.3) is 0 Å². The van der Waals surface area contributed by atoms with Crippen LogP contribution in [0.1, 0.15) is 19.4 Å². The van der Waals surface area contributed by atoms with E-state index < -0.39 is 0 Å². The highest BCUT2D eigenvalue weighted by atomic mass is 16.2. The van der Waals surface area contributed by atoms with Gasteiger partial charge in [0.2, 0.25) is 5.91 Å². The molecule has 0 spiro atoms. The van der Waals surface area contributed by atoms with Crippen LogP contribution in [0.15, 0.2) is 30.3 Å². The molecule has 2 unspecified atom stereocenters. The molecular weight excluding hydrogens is 212 g/mol. The Balaban J connectivity index is 2.06. The molecular formula is C14H20N2O. The number of carbonyl (C=O) groups excluding carboxylic acids is 1. The Morgan fingerprint density at radius 1 is 1.41 bits per heavy atom. The van der Waals surface area contributed by atoms with Gasteiger partial charge in [-0.2, -0.15) is 0 Å². The highest BCUT2D eigenvalue weighted by Crippen LogP contribution is 2.13. The topological polar surface area (TPSA) is 32.3 Å². The third-order valence-corrected chi connectivity index (χ3v) is 3.33. The summed E-state index contributed by atoms with van der Waals surface area (Å²) < 4.78 is 0. The van der Waals surface area contributed by atoms with E-state index in [2.05, 4.69) is 24.4 Å². The van der Waals surface area contributed by atoms with Crippen molar-refractivity contribution >= 4 is 5.91 Å². The quantitative estimate of drug-likeness (QED) is 0.837. The lowest BCUT2D eigenvalue weighted by Gasteiger charge is -2.39. The van der Waals surface area contributed by atoms with Crippen LogP contribution >= 0.6 is 0 Å². The highest BCUT2D eigenvalue weighted by molar-refractivity contribution is 5.73. The predicted molar refractivity (Wildman–Crippen MR) is 68.8 cm³/mol. The van der Waals surface area contributed by atoms with Gasteiger partial charge < -0.3 is 10.2 Å². The molecule has 1 fully saturated rings. The van der Waals surface area contributed by atoms with Gasteiger partial charge in [-0.3, -0.25) is 4.79 Å². The largest absolute Gasteiger partial charge is 0.337 e. The van der Waals surface area contributed by atoms with Crippen molar-refractivity contribution < 1.29 is 4.79 Å². The Kier molecular flexibility index (Phi) is 3.79. The van der Waals surface area contributed by atoms with Crippen molar-refractivity contribution in [2.75, 3.05) is 13.1 Å². The lowest BCUT2D eigenvalue weighted by atomic mass is 10.0. The van der Waals surface area contributed by atoms with Crippen LogP contribution in [-0.4, -0.2) is 36.0 Å². The molecule has 0 saturated carbocycles. The summed E-state index contributed by atoms with van der Waals surface area (Å²) in [5, 5.41) is 3.44. The van der Waals surface area contributed by atoms with Crippen molar-refractivity contribution in [1.29, 1.82) is 0 Å². The van der Waals surface area contributed by atoms with Gasteiger partial charge in [0.1, 0.15) is 0 Å². The van der Waals surface area contributed by atoms with Crippen molar-refractivity contribution in [3.05, 3.63) is 35.9 Å². The van der Waals surface area contributed by atoms with Crippen LogP contribution in [0, 0.1) is 0 Å². The zero-order valence-corrected chi connectivity index (χ0v) is 10.5. The minimum Gasteiger partial charge on any atom is -0.337 e. The van der Waals surface area contributed by atoms with Crippen LogP contribution < -0.4 is 5.32 Å². The van der Waals surface area contributed by atoms with E-state index in [1.54, 1.807) is 6.92 Å². The molecule has 1 N–H and O–H groups in total. The number of piperazine rings is 1. The van der Waals surface area contributed by atoms with Gasteiger partial charge in [-0.05, 0) is 18.9 Å². The van der Waals surface area contributed by atoms with Gasteiger partial charge in [0, 0.05) is 32.1 Å². The summed E-state index contributed by atoms with van der Waals surface area (Å²) in [6.07, 6.45) is 0.931. The van der Waals surface area contributed by atoms with Crippen molar-refractivity contribution in [3.63, 3.8) is 0 Å². The molecule has 17 heavy (non-hydrogen) atoms. The number of hydrogen-bond acceptors (Lipinski definition) is 2. The van der Waals surface area contributed by atoms with Gasteiger partial charge >= 0.3 is 0 Å². The van der Waals surface area contributed by atoms with E-state index >= 15 is 0 Å². The number of hydrogen-bond donors (Lipinski definition) is 1. The molecule has 0 bridgehead atoms. The molecule has 2 rings (SSSR count). The van der Waals surface area contributed by atoms with Gasteiger partial charge in [0.15, 0.2) is 0 Å². The molecule has 92 valence electrons. The normalized spacial score (nSPS) is 24.7. The number of carbonyl (C=O) groups is 1. The molecule has 2 atom stereocenters. The smallest absolute Gasteiger partial charge is 0.219 e. The minimum atomic E-state index is 0.180. The zero-order valence-electron chi connectivity index (χ0n) is 10.5. The van der Waals surface area contributed by atoms with Crippen molar-refractivity contribution in [2.24, 2.45) is 0 Å². The zero-order chi connectivity index (χ0) is 12.3. The second kappa shape index (κ2) is 5.32. The summed E-state index contributed by atoms with van der Waals surface area (Å²) in [5.74, 6) is 0.180. The lowest BCUT2D eigenvalue weighted by molar-refractivity contribution is -0.132. The summed E-state index contributed by atoms with van der Waals surface area (Å²) in [4.78, 5) is 13.6. The van der Waals surface area contributed by atoms with E-state index in [1.807, 2.05) is 23.1 Å². The first-order chi connectivity index (χ1) is 8.16. The van der Waals surface area contributed by atoms with E-state index in [0.29, 0.717) is 6.04 Å². The molecule has 1 aliphatic heterocycles. The Labute approximate surface area is 103 Å². The van der Waals surface area contributed by atoms with Gasteiger partial charge in [-0.1, -0.05) is 30.3 Å². The Hall–Kier alpha value is -1.35. The molecule has 0 aliphatic carbocycles. The third kappa shape index (κ3) is 3.07. The van der Waals surface area contributed by atoms with E-state index in [1.165, 1.54) is 5.56 Å². The molecule has 1 heterocycles. The highest BCUT2D eigenvalue weighted by Gasteiger charge is 2.27.